The van der Waals surface area contributed by atoms with E-state index in [9.17, 15) is 9.59 Å². The molecule has 2 rings (SSSR count). The second-order valence-electron chi connectivity index (χ2n) is 5.30. The van der Waals surface area contributed by atoms with Crippen LogP contribution in [-0.4, -0.2) is 31.0 Å². The predicted molar refractivity (Wildman–Crippen MR) is 103 cm³/mol. The van der Waals surface area contributed by atoms with Crippen LogP contribution in [-0.2, 0) is 15.3 Å². The van der Waals surface area contributed by atoms with Crippen LogP contribution >= 0.6 is 11.8 Å². The Hall–Kier alpha value is -2.80. The van der Waals surface area contributed by atoms with Crippen LogP contribution in [0.1, 0.15) is 18.1 Å². The number of hydrogen-bond acceptors (Lipinski definition) is 6. The summed E-state index contributed by atoms with van der Waals surface area (Å²) in [5, 5.41) is 3.92. The second-order valence-corrected chi connectivity index (χ2v) is 6.28. The number of rotatable bonds is 8. The molecular formula is C19H20N2O4S. The normalized spacial score (nSPS) is 10.5. The molecule has 1 N–H and O–H groups in total. The number of carbonyl (C=O) groups is 2. The van der Waals surface area contributed by atoms with Gasteiger partial charge in [0, 0.05) is 12.7 Å². The molecule has 0 radical (unpaired) electrons. The van der Waals surface area contributed by atoms with Crippen LogP contribution < -0.4 is 14.9 Å². The monoisotopic (exact) mass is 372 g/mol. The molecule has 0 aliphatic carbocycles. The fraction of sp³-hybridized carbons (Fsp3) is 0.211. The molecule has 0 fully saturated rings. The first kappa shape index (κ1) is 19.5. The number of nitrogens with zero attached hydrogens (tertiary/aromatic N) is 1. The van der Waals surface area contributed by atoms with Crippen molar-refractivity contribution in [2.45, 2.75) is 12.7 Å². The lowest BCUT2D eigenvalue weighted by Gasteiger charge is -2.03. The van der Waals surface area contributed by atoms with Gasteiger partial charge in [0.25, 0.3) is 0 Å². The molecule has 0 unspecified atom stereocenters. The first-order chi connectivity index (χ1) is 12.6. The summed E-state index contributed by atoms with van der Waals surface area (Å²) in [5.74, 6) is 1.79. The molecule has 2 aromatic rings. The lowest BCUT2D eigenvalue weighted by Crippen LogP contribution is -2.19. The van der Waals surface area contributed by atoms with Crippen LogP contribution in [0.25, 0.3) is 0 Å². The van der Waals surface area contributed by atoms with Gasteiger partial charge in [-0.3, -0.25) is 9.59 Å². The summed E-state index contributed by atoms with van der Waals surface area (Å²) in [6.07, 6.45) is 1.53. The van der Waals surface area contributed by atoms with E-state index in [1.807, 2.05) is 24.3 Å². The number of nitrogens with one attached hydrogen (secondary N) is 1. The van der Waals surface area contributed by atoms with Gasteiger partial charge in [0.15, 0.2) is 0 Å². The Balaban J connectivity index is 1.70. The van der Waals surface area contributed by atoms with Crippen LogP contribution in [0.5, 0.6) is 11.5 Å². The average molecular weight is 372 g/mol. The first-order valence-corrected chi connectivity index (χ1v) is 9.03. The minimum atomic E-state index is -0.370. The second kappa shape index (κ2) is 10.2. The molecule has 0 aliphatic heterocycles. The number of hydrazone groups is 1. The van der Waals surface area contributed by atoms with E-state index in [0.717, 1.165) is 22.6 Å². The van der Waals surface area contributed by atoms with Crippen molar-refractivity contribution in [2.75, 3.05) is 12.9 Å². The first-order valence-electron chi connectivity index (χ1n) is 7.88. The third-order valence-electron chi connectivity index (χ3n) is 3.21. The zero-order chi connectivity index (χ0) is 18.8. The number of esters is 1. The van der Waals surface area contributed by atoms with Crippen LogP contribution in [0.2, 0.25) is 0 Å². The molecule has 6 nitrogen and oxygen atoms in total. The fourth-order valence-electron chi connectivity index (χ4n) is 1.98. The summed E-state index contributed by atoms with van der Waals surface area (Å²) in [7, 11) is 1.63. The van der Waals surface area contributed by atoms with Crippen molar-refractivity contribution in [3.63, 3.8) is 0 Å². The van der Waals surface area contributed by atoms with Crippen molar-refractivity contribution in [3.05, 3.63) is 59.7 Å². The van der Waals surface area contributed by atoms with Crippen molar-refractivity contribution < 1.29 is 19.1 Å². The number of ether oxygens (including phenoxy) is 2. The van der Waals surface area contributed by atoms with Crippen LogP contribution in [0.4, 0.5) is 0 Å². The number of benzene rings is 2. The molecule has 0 atom stereocenters. The number of thioether (sulfide) groups is 1. The summed E-state index contributed by atoms with van der Waals surface area (Å²) in [5.41, 5.74) is 4.40. The van der Waals surface area contributed by atoms with Gasteiger partial charge in [0.2, 0.25) is 5.91 Å². The van der Waals surface area contributed by atoms with Gasteiger partial charge in [-0.15, -0.1) is 11.8 Å². The average Bonchev–Trinajstić information content (AvgIpc) is 2.63. The molecule has 0 aliphatic rings. The molecular weight excluding hydrogens is 352 g/mol. The Labute approximate surface area is 156 Å². The number of methoxy groups -OCH3 is 1. The SMILES string of the molecule is COc1ccc(CSCC(=O)N/N=C\c2ccc(OC(C)=O)cc2)cc1. The number of amides is 1. The maximum Gasteiger partial charge on any atom is 0.308 e. The van der Waals surface area contributed by atoms with E-state index in [0.29, 0.717) is 11.5 Å². The largest absolute Gasteiger partial charge is 0.497 e. The maximum absolute atomic E-state index is 11.8. The van der Waals surface area contributed by atoms with E-state index in [1.54, 1.807) is 31.4 Å². The Morgan fingerprint density at radius 1 is 1.08 bits per heavy atom. The lowest BCUT2D eigenvalue weighted by atomic mass is 10.2. The fourth-order valence-corrected chi connectivity index (χ4v) is 2.76. The van der Waals surface area contributed by atoms with Crippen molar-refractivity contribution in [1.82, 2.24) is 5.43 Å². The minimum absolute atomic E-state index is 0.170. The van der Waals surface area contributed by atoms with E-state index in [-0.39, 0.29) is 11.9 Å². The lowest BCUT2D eigenvalue weighted by molar-refractivity contribution is -0.131. The van der Waals surface area contributed by atoms with Crippen LogP contribution in [0, 0.1) is 0 Å². The highest BCUT2D eigenvalue weighted by Gasteiger charge is 2.01. The highest BCUT2D eigenvalue weighted by atomic mass is 32.2. The molecule has 0 saturated carbocycles. The molecule has 7 heteroatoms. The molecule has 0 bridgehead atoms. The molecule has 1 amide bonds. The predicted octanol–water partition coefficient (Wildman–Crippen LogP) is 3.00. The van der Waals surface area contributed by atoms with Gasteiger partial charge >= 0.3 is 5.97 Å². The molecule has 136 valence electrons. The van der Waals surface area contributed by atoms with Crippen molar-refractivity contribution in [1.29, 1.82) is 0 Å². The molecule has 0 saturated heterocycles. The standard InChI is InChI=1S/C19H20N2O4S/c1-14(22)25-18-9-3-15(4-10-18)11-20-21-19(23)13-26-12-16-5-7-17(24-2)8-6-16/h3-11H,12-13H2,1-2H3,(H,21,23)/b20-11-. The minimum Gasteiger partial charge on any atom is -0.497 e. The third-order valence-corrected chi connectivity index (χ3v) is 4.21. The Morgan fingerprint density at radius 3 is 2.35 bits per heavy atom. The quantitative estimate of drug-likeness (QED) is 0.334. The highest BCUT2D eigenvalue weighted by molar-refractivity contribution is 7.99. The van der Waals surface area contributed by atoms with E-state index < -0.39 is 0 Å². The molecule has 0 heterocycles. The van der Waals surface area contributed by atoms with Crippen LogP contribution in [0.15, 0.2) is 53.6 Å². The summed E-state index contributed by atoms with van der Waals surface area (Å²) in [6, 6.07) is 14.5. The Kier molecular flexibility index (Phi) is 7.70. The summed E-state index contributed by atoms with van der Waals surface area (Å²) >= 11 is 1.51. The van der Waals surface area contributed by atoms with Gasteiger partial charge in [0.1, 0.15) is 11.5 Å². The van der Waals surface area contributed by atoms with Gasteiger partial charge in [-0.1, -0.05) is 12.1 Å². The van der Waals surface area contributed by atoms with Gasteiger partial charge in [0.05, 0.1) is 19.1 Å². The van der Waals surface area contributed by atoms with E-state index in [4.69, 9.17) is 9.47 Å². The molecule has 2 aromatic carbocycles. The Morgan fingerprint density at radius 2 is 1.73 bits per heavy atom. The summed E-state index contributed by atoms with van der Waals surface area (Å²) in [4.78, 5) is 22.6. The van der Waals surface area contributed by atoms with E-state index >= 15 is 0 Å². The number of carbonyl (C=O) groups excluding carboxylic acids is 2. The smallest absolute Gasteiger partial charge is 0.308 e. The zero-order valence-electron chi connectivity index (χ0n) is 14.6. The van der Waals surface area contributed by atoms with E-state index in [1.165, 1.54) is 24.9 Å². The zero-order valence-corrected chi connectivity index (χ0v) is 15.4. The molecule has 26 heavy (non-hydrogen) atoms. The maximum atomic E-state index is 11.8. The van der Waals surface area contributed by atoms with Gasteiger partial charge in [-0.05, 0) is 47.5 Å². The third kappa shape index (κ3) is 6.98. The van der Waals surface area contributed by atoms with Crippen LogP contribution in [0.3, 0.4) is 0 Å². The van der Waals surface area contributed by atoms with Gasteiger partial charge < -0.3 is 9.47 Å². The summed E-state index contributed by atoms with van der Waals surface area (Å²) < 4.78 is 10.0. The summed E-state index contributed by atoms with van der Waals surface area (Å²) in [6.45, 7) is 1.34. The van der Waals surface area contributed by atoms with E-state index in [2.05, 4.69) is 10.5 Å². The highest BCUT2D eigenvalue weighted by Crippen LogP contribution is 2.16. The van der Waals surface area contributed by atoms with Gasteiger partial charge in [-0.2, -0.15) is 5.10 Å². The topological polar surface area (TPSA) is 77.0 Å². The van der Waals surface area contributed by atoms with Gasteiger partial charge in [-0.25, -0.2) is 5.43 Å². The van der Waals surface area contributed by atoms with Crippen molar-refractivity contribution in [3.8, 4) is 11.5 Å². The van der Waals surface area contributed by atoms with Crippen molar-refractivity contribution >= 4 is 29.9 Å². The Bertz CT molecular complexity index is 758. The molecule has 0 spiro atoms. The van der Waals surface area contributed by atoms with Crippen molar-refractivity contribution in [2.24, 2.45) is 5.10 Å². The molecule has 0 aromatic heterocycles. The number of hydrogen-bond donors (Lipinski definition) is 1.